The first kappa shape index (κ1) is 17.7. The summed E-state index contributed by atoms with van der Waals surface area (Å²) in [4.78, 5) is 26.2. The maximum absolute atomic E-state index is 12.5. The lowest BCUT2D eigenvalue weighted by molar-refractivity contribution is -0.147. The summed E-state index contributed by atoms with van der Waals surface area (Å²) in [5, 5.41) is 4.67. The molecule has 134 valence electrons. The maximum Gasteiger partial charge on any atom is 0.312 e. The SMILES string of the molecule is CC(C)N(C(=O)COC(=O)Cc1noc2ccccc12)c1ccccc1. The van der Waals surface area contributed by atoms with Crippen molar-refractivity contribution < 1.29 is 18.8 Å². The van der Waals surface area contributed by atoms with Crippen LogP contribution < -0.4 is 4.90 Å². The Morgan fingerprint density at radius 1 is 1.08 bits per heavy atom. The van der Waals surface area contributed by atoms with Crippen LogP contribution in [0.1, 0.15) is 19.5 Å². The summed E-state index contributed by atoms with van der Waals surface area (Å²) in [5.41, 5.74) is 1.88. The van der Waals surface area contributed by atoms with Gasteiger partial charge in [0.05, 0.1) is 6.42 Å². The number of anilines is 1. The number of para-hydroxylation sites is 2. The molecule has 0 atom stereocenters. The average Bonchev–Trinajstić information content (AvgIpc) is 3.04. The molecule has 1 aromatic heterocycles. The van der Waals surface area contributed by atoms with Gasteiger partial charge in [-0.1, -0.05) is 35.5 Å². The van der Waals surface area contributed by atoms with E-state index in [1.54, 1.807) is 11.0 Å². The van der Waals surface area contributed by atoms with Crippen LogP contribution in [0.5, 0.6) is 0 Å². The van der Waals surface area contributed by atoms with Crippen LogP contribution in [0.15, 0.2) is 59.1 Å². The van der Waals surface area contributed by atoms with Gasteiger partial charge in [0.2, 0.25) is 0 Å². The third-order valence-corrected chi connectivity index (χ3v) is 3.94. The van der Waals surface area contributed by atoms with Crippen LogP contribution in [0.3, 0.4) is 0 Å². The van der Waals surface area contributed by atoms with E-state index in [0.29, 0.717) is 11.3 Å². The van der Waals surface area contributed by atoms with E-state index in [9.17, 15) is 9.59 Å². The largest absolute Gasteiger partial charge is 0.455 e. The molecule has 3 aromatic rings. The zero-order valence-corrected chi connectivity index (χ0v) is 14.7. The predicted octanol–water partition coefficient (Wildman–Crippen LogP) is 3.36. The Morgan fingerprint density at radius 3 is 2.50 bits per heavy atom. The second-order valence-corrected chi connectivity index (χ2v) is 6.16. The van der Waals surface area contributed by atoms with Gasteiger partial charge < -0.3 is 14.2 Å². The average molecular weight is 352 g/mol. The van der Waals surface area contributed by atoms with Gasteiger partial charge in [-0.2, -0.15) is 0 Å². The summed E-state index contributed by atoms with van der Waals surface area (Å²) in [7, 11) is 0. The number of aromatic nitrogens is 1. The molecular weight excluding hydrogens is 332 g/mol. The van der Waals surface area contributed by atoms with Gasteiger partial charge in [-0.25, -0.2) is 0 Å². The first-order chi connectivity index (χ1) is 12.6. The number of amides is 1. The number of hydrogen-bond acceptors (Lipinski definition) is 5. The van der Waals surface area contributed by atoms with Gasteiger partial charge in [-0.15, -0.1) is 0 Å². The van der Waals surface area contributed by atoms with Crippen molar-refractivity contribution in [1.29, 1.82) is 0 Å². The highest BCUT2D eigenvalue weighted by Gasteiger charge is 2.21. The summed E-state index contributed by atoms with van der Waals surface area (Å²) in [5.74, 6) is -0.793. The first-order valence-corrected chi connectivity index (χ1v) is 8.42. The topological polar surface area (TPSA) is 72.6 Å². The molecule has 2 aromatic carbocycles. The molecule has 0 aliphatic carbocycles. The minimum atomic E-state index is -0.519. The van der Waals surface area contributed by atoms with Gasteiger partial charge in [0.25, 0.3) is 5.91 Å². The van der Waals surface area contributed by atoms with Gasteiger partial charge in [0.15, 0.2) is 12.2 Å². The molecule has 0 radical (unpaired) electrons. The molecule has 0 bridgehead atoms. The maximum atomic E-state index is 12.5. The number of carbonyl (C=O) groups is 2. The zero-order valence-electron chi connectivity index (χ0n) is 14.7. The number of rotatable bonds is 6. The highest BCUT2D eigenvalue weighted by Crippen LogP contribution is 2.19. The smallest absolute Gasteiger partial charge is 0.312 e. The summed E-state index contributed by atoms with van der Waals surface area (Å²) < 4.78 is 10.3. The fraction of sp³-hybridized carbons (Fsp3) is 0.250. The molecule has 3 rings (SSSR count). The lowest BCUT2D eigenvalue weighted by atomic mass is 10.2. The third kappa shape index (κ3) is 3.91. The second kappa shape index (κ2) is 7.82. The van der Waals surface area contributed by atoms with Gasteiger partial charge >= 0.3 is 5.97 Å². The van der Waals surface area contributed by atoms with E-state index in [4.69, 9.17) is 9.26 Å². The van der Waals surface area contributed by atoms with Crippen molar-refractivity contribution in [3.8, 4) is 0 Å². The molecule has 0 aliphatic rings. The van der Waals surface area contributed by atoms with E-state index in [2.05, 4.69) is 5.16 Å². The summed E-state index contributed by atoms with van der Waals surface area (Å²) in [6.45, 7) is 3.50. The van der Waals surface area contributed by atoms with Crippen molar-refractivity contribution in [3.63, 3.8) is 0 Å². The third-order valence-electron chi connectivity index (χ3n) is 3.94. The van der Waals surface area contributed by atoms with E-state index in [-0.39, 0.29) is 25.0 Å². The molecule has 6 nitrogen and oxygen atoms in total. The molecule has 1 amide bonds. The Hall–Kier alpha value is -3.15. The van der Waals surface area contributed by atoms with E-state index >= 15 is 0 Å². The van der Waals surface area contributed by atoms with Crippen LogP contribution in [-0.2, 0) is 20.7 Å². The molecule has 0 spiro atoms. The molecule has 0 saturated heterocycles. The normalized spacial score (nSPS) is 10.9. The van der Waals surface area contributed by atoms with E-state index in [0.717, 1.165) is 11.1 Å². The molecule has 0 fully saturated rings. The Bertz CT molecular complexity index is 902. The van der Waals surface area contributed by atoms with Crippen LogP contribution in [-0.4, -0.2) is 29.7 Å². The Labute approximate surface area is 151 Å². The van der Waals surface area contributed by atoms with Crippen LogP contribution >= 0.6 is 0 Å². The van der Waals surface area contributed by atoms with Crippen molar-refractivity contribution in [2.45, 2.75) is 26.3 Å². The predicted molar refractivity (Wildman–Crippen MR) is 97.7 cm³/mol. The Kier molecular flexibility index (Phi) is 5.31. The molecule has 0 aliphatic heterocycles. The summed E-state index contributed by atoms with van der Waals surface area (Å²) in [6.07, 6.45) is -0.0443. The number of carbonyl (C=O) groups excluding carboxylic acids is 2. The molecule has 0 unspecified atom stereocenters. The van der Waals surface area contributed by atoms with Gasteiger partial charge in [-0.3, -0.25) is 9.59 Å². The van der Waals surface area contributed by atoms with E-state index in [1.165, 1.54) is 0 Å². The van der Waals surface area contributed by atoms with Crippen molar-refractivity contribution in [2.24, 2.45) is 0 Å². The van der Waals surface area contributed by atoms with Crippen LogP contribution in [0.2, 0.25) is 0 Å². The van der Waals surface area contributed by atoms with Gasteiger partial charge in [0, 0.05) is 17.1 Å². The molecule has 0 saturated carbocycles. The van der Waals surface area contributed by atoms with Crippen molar-refractivity contribution in [3.05, 3.63) is 60.3 Å². The summed E-state index contributed by atoms with van der Waals surface area (Å²) in [6, 6.07) is 16.5. The molecule has 1 heterocycles. The monoisotopic (exact) mass is 352 g/mol. The standard InChI is InChI=1S/C20H20N2O4/c1-14(2)22(15-8-4-3-5-9-15)19(23)13-25-20(24)12-17-16-10-6-7-11-18(16)26-21-17/h3-11,14H,12-13H2,1-2H3. The number of nitrogens with zero attached hydrogens (tertiary/aromatic N) is 2. The Morgan fingerprint density at radius 2 is 1.77 bits per heavy atom. The summed E-state index contributed by atoms with van der Waals surface area (Å²) >= 11 is 0. The highest BCUT2D eigenvalue weighted by molar-refractivity contribution is 5.96. The van der Waals surface area contributed by atoms with Gasteiger partial charge in [0.1, 0.15) is 5.69 Å². The van der Waals surface area contributed by atoms with Crippen molar-refractivity contribution in [2.75, 3.05) is 11.5 Å². The quantitative estimate of drug-likeness (QED) is 0.636. The molecular formula is C20H20N2O4. The van der Waals surface area contributed by atoms with E-state index < -0.39 is 5.97 Å². The van der Waals surface area contributed by atoms with Crippen LogP contribution in [0.25, 0.3) is 11.0 Å². The number of fused-ring (bicyclic) bond motifs is 1. The number of esters is 1. The van der Waals surface area contributed by atoms with Crippen LogP contribution in [0, 0.1) is 0 Å². The van der Waals surface area contributed by atoms with Gasteiger partial charge in [-0.05, 0) is 38.1 Å². The van der Waals surface area contributed by atoms with Crippen molar-refractivity contribution >= 4 is 28.5 Å². The number of ether oxygens (including phenoxy) is 1. The molecule has 26 heavy (non-hydrogen) atoms. The zero-order chi connectivity index (χ0) is 18.5. The Balaban J connectivity index is 1.62. The fourth-order valence-electron chi connectivity index (χ4n) is 2.78. The number of benzene rings is 2. The highest BCUT2D eigenvalue weighted by atomic mass is 16.5. The first-order valence-electron chi connectivity index (χ1n) is 8.42. The lowest BCUT2D eigenvalue weighted by Gasteiger charge is -2.26. The van der Waals surface area contributed by atoms with Crippen molar-refractivity contribution in [1.82, 2.24) is 5.16 Å². The second-order valence-electron chi connectivity index (χ2n) is 6.16. The molecule has 6 heteroatoms. The minimum absolute atomic E-state index is 0.0443. The van der Waals surface area contributed by atoms with E-state index in [1.807, 2.05) is 62.4 Å². The number of hydrogen-bond donors (Lipinski definition) is 0. The fourth-order valence-corrected chi connectivity index (χ4v) is 2.78. The van der Waals surface area contributed by atoms with Crippen LogP contribution in [0.4, 0.5) is 5.69 Å². The molecule has 0 N–H and O–H groups in total. The lowest BCUT2D eigenvalue weighted by Crippen LogP contribution is -2.40. The minimum Gasteiger partial charge on any atom is -0.455 e.